The molecule has 0 saturated carbocycles. The number of piperidine rings is 1. The molecule has 1 atom stereocenters. The van der Waals surface area contributed by atoms with Crippen LogP contribution >= 0.6 is 0 Å². The fraction of sp³-hybridized carbons (Fsp3) is 1.00. The second-order valence-electron chi connectivity index (χ2n) is 4.23. The smallest absolute Gasteiger partial charge is 0.281 e. The molecule has 90 valence electrons. The Hall–Kier alpha value is -0.170. The first-order valence-corrected chi connectivity index (χ1v) is 6.76. The standard InChI is InChI=1S/C9H21N3O2S/c1-11(2)15(13,14)12-7-3-4-9(8-12)5-6-10/h9H,3-8,10H2,1-2H3. The van der Waals surface area contributed by atoms with Crippen molar-refractivity contribution in [3.8, 4) is 0 Å². The molecule has 0 aromatic rings. The molecule has 0 aromatic heterocycles. The molecule has 0 aromatic carbocycles. The van der Waals surface area contributed by atoms with E-state index < -0.39 is 10.2 Å². The molecule has 0 aliphatic carbocycles. The fourth-order valence-corrected chi connectivity index (χ4v) is 3.16. The first kappa shape index (κ1) is 12.9. The molecular weight excluding hydrogens is 214 g/mol. The third-order valence-electron chi connectivity index (χ3n) is 2.84. The number of rotatable bonds is 4. The average molecular weight is 235 g/mol. The van der Waals surface area contributed by atoms with Crippen molar-refractivity contribution in [2.75, 3.05) is 33.7 Å². The minimum absolute atomic E-state index is 0.429. The van der Waals surface area contributed by atoms with Gasteiger partial charge in [-0.1, -0.05) is 0 Å². The highest BCUT2D eigenvalue weighted by atomic mass is 32.2. The van der Waals surface area contributed by atoms with Gasteiger partial charge in [-0.05, 0) is 31.7 Å². The summed E-state index contributed by atoms with van der Waals surface area (Å²) in [6.45, 7) is 1.90. The fourth-order valence-electron chi connectivity index (χ4n) is 1.94. The van der Waals surface area contributed by atoms with Crippen LogP contribution < -0.4 is 5.73 Å². The SMILES string of the molecule is CN(C)S(=O)(=O)N1CCCC(CCN)C1. The summed E-state index contributed by atoms with van der Waals surface area (Å²) in [6.07, 6.45) is 2.95. The molecule has 1 unspecified atom stereocenters. The lowest BCUT2D eigenvalue weighted by Gasteiger charge is -2.33. The maximum Gasteiger partial charge on any atom is 0.281 e. The summed E-state index contributed by atoms with van der Waals surface area (Å²) in [7, 11) is -0.0827. The van der Waals surface area contributed by atoms with Gasteiger partial charge in [0.25, 0.3) is 10.2 Å². The lowest BCUT2D eigenvalue weighted by Crippen LogP contribution is -2.45. The van der Waals surface area contributed by atoms with Crippen molar-refractivity contribution in [1.29, 1.82) is 0 Å². The summed E-state index contributed by atoms with van der Waals surface area (Å²) in [5.74, 6) is 0.429. The summed E-state index contributed by atoms with van der Waals surface area (Å²) in [4.78, 5) is 0. The summed E-state index contributed by atoms with van der Waals surface area (Å²) >= 11 is 0. The topological polar surface area (TPSA) is 66.6 Å². The van der Waals surface area contributed by atoms with Crippen LogP contribution in [0.3, 0.4) is 0 Å². The van der Waals surface area contributed by atoms with E-state index in [1.165, 1.54) is 4.31 Å². The zero-order valence-electron chi connectivity index (χ0n) is 9.52. The summed E-state index contributed by atoms with van der Waals surface area (Å²) < 4.78 is 26.6. The van der Waals surface area contributed by atoms with Crippen LogP contribution in [0.2, 0.25) is 0 Å². The van der Waals surface area contributed by atoms with E-state index in [-0.39, 0.29) is 0 Å². The van der Waals surface area contributed by atoms with Crippen LogP contribution in [0.1, 0.15) is 19.3 Å². The Balaban J connectivity index is 2.64. The van der Waals surface area contributed by atoms with E-state index in [0.717, 1.165) is 19.3 Å². The van der Waals surface area contributed by atoms with Gasteiger partial charge in [0.15, 0.2) is 0 Å². The van der Waals surface area contributed by atoms with E-state index in [9.17, 15) is 8.42 Å². The molecule has 0 bridgehead atoms. The molecule has 6 heteroatoms. The number of nitrogens with two attached hydrogens (primary N) is 1. The van der Waals surface area contributed by atoms with E-state index >= 15 is 0 Å². The van der Waals surface area contributed by atoms with Crippen molar-refractivity contribution in [3.05, 3.63) is 0 Å². The zero-order valence-corrected chi connectivity index (χ0v) is 10.3. The minimum Gasteiger partial charge on any atom is -0.330 e. The molecule has 0 amide bonds. The zero-order chi connectivity index (χ0) is 11.5. The van der Waals surface area contributed by atoms with Crippen LogP contribution in [-0.2, 0) is 10.2 Å². The molecule has 5 nitrogen and oxygen atoms in total. The second-order valence-corrected chi connectivity index (χ2v) is 6.38. The Morgan fingerprint density at radius 2 is 2.13 bits per heavy atom. The first-order valence-electron chi connectivity index (χ1n) is 5.36. The maximum absolute atomic E-state index is 11.9. The molecule has 2 N–H and O–H groups in total. The Morgan fingerprint density at radius 1 is 1.47 bits per heavy atom. The van der Waals surface area contributed by atoms with Crippen LogP contribution in [0, 0.1) is 5.92 Å². The normalized spacial score (nSPS) is 24.7. The average Bonchev–Trinajstić information content (AvgIpc) is 2.18. The van der Waals surface area contributed by atoms with Gasteiger partial charge in [-0.2, -0.15) is 17.0 Å². The van der Waals surface area contributed by atoms with Crippen molar-refractivity contribution in [2.24, 2.45) is 11.7 Å². The second kappa shape index (κ2) is 5.25. The third-order valence-corrected chi connectivity index (χ3v) is 4.75. The van der Waals surface area contributed by atoms with Gasteiger partial charge in [-0.15, -0.1) is 0 Å². The van der Waals surface area contributed by atoms with Gasteiger partial charge in [0.2, 0.25) is 0 Å². The van der Waals surface area contributed by atoms with Gasteiger partial charge in [-0.3, -0.25) is 0 Å². The Bertz CT molecular complexity index is 288. The highest BCUT2D eigenvalue weighted by Crippen LogP contribution is 2.21. The van der Waals surface area contributed by atoms with Crippen LogP contribution in [0.25, 0.3) is 0 Å². The predicted molar refractivity (Wildman–Crippen MR) is 60.6 cm³/mol. The van der Waals surface area contributed by atoms with E-state index in [4.69, 9.17) is 5.73 Å². The number of hydrogen-bond donors (Lipinski definition) is 1. The molecule has 1 heterocycles. The highest BCUT2D eigenvalue weighted by Gasteiger charge is 2.29. The van der Waals surface area contributed by atoms with Crippen molar-refractivity contribution in [2.45, 2.75) is 19.3 Å². The molecule has 1 fully saturated rings. The lowest BCUT2D eigenvalue weighted by molar-refractivity contribution is 0.248. The van der Waals surface area contributed by atoms with E-state index in [1.807, 2.05) is 0 Å². The molecule has 1 aliphatic rings. The Labute approximate surface area is 92.4 Å². The number of hydrogen-bond acceptors (Lipinski definition) is 3. The monoisotopic (exact) mass is 235 g/mol. The largest absolute Gasteiger partial charge is 0.330 e. The van der Waals surface area contributed by atoms with E-state index in [0.29, 0.717) is 25.6 Å². The molecule has 1 aliphatic heterocycles. The van der Waals surface area contributed by atoms with Crippen molar-refractivity contribution >= 4 is 10.2 Å². The van der Waals surface area contributed by atoms with Gasteiger partial charge in [0, 0.05) is 27.2 Å². The molecule has 0 spiro atoms. The molecule has 0 radical (unpaired) electrons. The molecule has 1 rings (SSSR count). The van der Waals surface area contributed by atoms with Crippen molar-refractivity contribution in [1.82, 2.24) is 8.61 Å². The van der Waals surface area contributed by atoms with Crippen LogP contribution in [-0.4, -0.2) is 50.8 Å². The van der Waals surface area contributed by atoms with Gasteiger partial charge in [-0.25, -0.2) is 0 Å². The quantitative estimate of drug-likeness (QED) is 0.737. The van der Waals surface area contributed by atoms with Crippen LogP contribution in [0.15, 0.2) is 0 Å². The number of nitrogens with zero attached hydrogens (tertiary/aromatic N) is 2. The third kappa shape index (κ3) is 3.14. The predicted octanol–water partition coefficient (Wildman–Crippen LogP) is -0.146. The van der Waals surface area contributed by atoms with Gasteiger partial charge in [0.05, 0.1) is 0 Å². The maximum atomic E-state index is 11.9. The van der Waals surface area contributed by atoms with Gasteiger partial charge < -0.3 is 5.73 Å². The van der Waals surface area contributed by atoms with Crippen LogP contribution in [0.5, 0.6) is 0 Å². The minimum atomic E-state index is -3.23. The van der Waals surface area contributed by atoms with Gasteiger partial charge in [0.1, 0.15) is 0 Å². The van der Waals surface area contributed by atoms with E-state index in [2.05, 4.69) is 0 Å². The van der Waals surface area contributed by atoms with Gasteiger partial charge >= 0.3 is 0 Å². The van der Waals surface area contributed by atoms with E-state index in [1.54, 1.807) is 18.4 Å². The lowest BCUT2D eigenvalue weighted by atomic mass is 9.96. The van der Waals surface area contributed by atoms with Crippen molar-refractivity contribution in [3.63, 3.8) is 0 Å². The molecule has 15 heavy (non-hydrogen) atoms. The molecule has 1 saturated heterocycles. The Kier molecular flexibility index (Phi) is 4.51. The Morgan fingerprint density at radius 3 is 2.67 bits per heavy atom. The summed E-state index contributed by atoms with van der Waals surface area (Å²) in [6, 6.07) is 0. The summed E-state index contributed by atoms with van der Waals surface area (Å²) in [5.41, 5.74) is 5.50. The van der Waals surface area contributed by atoms with Crippen LogP contribution in [0.4, 0.5) is 0 Å². The highest BCUT2D eigenvalue weighted by molar-refractivity contribution is 7.86. The van der Waals surface area contributed by atoms with Crippen molar-refractivity contribution < 1.29 is 8.42 Å². The summed E-state index contributed by atoms with van der Waals surface area (Å²) in [5, 5.41) is 0. The first-order chi connectivity index (χ1) is 6.98. The molecular formula is C9H21N3O2S.